The van der Waals surface area contributed by atoms with E-state index in [1.54, 1.807) is 7.11 Å². The minimum Gasteiger partial charge on any atom is -0.394 e. The first-order valence-corrected chi connectivity index (χ1v) is 7.02. The Bertz CT molecular complexity index is 596. The number of aryl methyl sites for hydroxylation is 1. The maximum atomic E-state index is 9.48. The predicted molar refractivity (Wildman–Crippen MR) is 78.1 cm³/mol. The van der Waals surface area contributed by atoms with Crippen LogP contribution >= 0.6 is 0 Å². The number of aromatic nitrogens is 2. The van der Waals surface area contributed by atoms with E-state index < -0.39 is 0 Å². The van der Waals surface area contributed by atoms with Crippen LogP contribution in [0.2, 0.25) is 0 Å². The second-order valence-corrected chi connectivity index (χ2v) is 5.35. The predicted octanol–water partition coefficient (Wildman–Crippen LogP) is 1.63. The van der Waals surface area contributed by atoms with Gasteiger partial charge in [0, 0.05) is 19.2 Å². The van der Waals surface area contributed by atoms with Gasteiger partial charge in [-0.3, -0.25) is 0 Å². The van der Waals surface area contributed by atoms with E-state index in [1.165, 1.54) is 5.56 Å². The second-order valence-electron chi connectivity index (χ2n) is 5.35. The molecular formula is C15H19N3O3. The molecule has 1 saturated heterocycles. The van der Waals surface area contributed by atoms with Crippen molar-refractivity contribution in [2.75, 3.05) is 25.2 Å². The van der Waals surface area contributed by atoms with E-state index in [1.807, 2.05) is 36.1 Å². The first-order valence-electron chi connectivity index (χ1n) is 7.02. The van der Waals surface area contributed by atoms with Crippen molar-refractivity contribution in [1.82, 2.24) is 10.1 Å². The number of hydrogen-bond acceptors (Lipinski definition) is 6. The number of ether oxygens (including phenoxy) is 1. The third-order valence-corrected chi connectivity index (χ3v) is 3.89. The van der Waals surface area contributed by atoms with Crippen LogP contribution in [0, 0.1) is 6.92 Å². The number of anilines is 1. The molecule has 6 nitrogen and oxygen atoms in total. The number of methoxy groups -OCH3 is 1. The molecule has 112 valence electrons. The van der Waals surface area contributed by atoms with Gasteiger partial charge in [-0.15, -0.1) is 0 Å². The van der Waals surface area contributed by atoms with Crippen LogP contribution in [0.4, 0.5) is 6.01 Å². The van der Waals surface area contributed by atoms with Gasteiger partial charge < -0.3 is 19.3 Å². The van der Waals surface area contributed by atoms with Crippen molar-refractivity contribution in [1.29, 1.82) is 0 Å². The Morgan fingerprint density at radius 1 is 1.38 bits per heavy atom. The Hall–Kier alpha value is -1.92. The molecule has 0 radical (unpaired) electrons. The average molecular weight is 289 g/mol. The summed E-state index contributed by atoms with van der Waals surface area (Å²) in [5.41, 5.74) is 2.10. The normalized spacial score (nSPS) is 22.0. The molecule has 2 aromatic rings. The zero-order valence-corrected chi connectivity index (χ0v) is 12.2. The summed E-state index contributed by atoms with van der Waals surface area (Å²) in [6.07, 6.45) is 0.840. The van der Waals surface area contributed by atoms with Gasteiger partial charge in [-0.1, -0.05) is 35.0 Å². The fourth-order valence-electron chi connectivity index (χ4n) is 2.60. The highest BCUT2D eigenvalue weighted by Crippen LogP contribution is 2.27. The highest BCUT2D eigenvalue weighted by Gasteiger charge is 2.34. The Morgan fingerprint density at radius 3 is 2.81 bits per heavy atom. The van der Waals surface area contributed by atoms with Crippen molar-refractivity contribution in [3.8, 4) is 11.4 Å². The summed E-state index contributed by atoms with van der Waals surface area (Å²) in [4.78, 5) is 6.36. The van der Waals surface area contributed by atoms with Crippen molar-refractivity contribution in [3.05, 3.63) is 29.8 Å². The SMILES string of the molecule is CO[C@H]1C[C@@H](CO)N(c2nc(-c3ccc(C)cc3)no2)C1. The minimum atomic E-state index is -0.0405. The molecular weight excluding hydrogens is 270 g/mol. The molecule has 0 spiro atoms. The molecule has 0 amide bonds. The quantitative estimate of drug-likeness (QED) is 0.922. The Balaban J connectivity index is 1.82. The lowest BCUT2D eigenvalue weighted by molar-refractivity contribution is 0.115. The molecule has 1 aliphatic rings. The Kier molecular flexibility index (Phi) is 3.90. The second kappa shape index (κ2) is 5.83. The molecule has 0 bridgehead atoms. The molecule has 2 heterocycles. The average Bonchev–Trinajstić information content (AvgIpc) is 3.14. The van der Waals surface area contributed by atoms with Crippen LogP contribution in [-0.4, -0.2) is 47.7 Å². The smallest absolute Gasteiger partial charge is 0.324 e. The fraction of sp³-hybridized carbons (Fsp3) is 0.467. The number of aliphatic hydroxyl groups excluding tert-OH is 1. The topological polar surface area (TPSA) is 71.6 Å². The standard InChI is InChI=1S/C15H19N3O3/c1-10-3-5-11(6-4-10)14-16-15(21-17-14)18-8-13(20-2)7-12(18)9-19/h3-6,12-13,19H,7-9H2,1-2H3/t12-,13-/m0/s1. The van der Waals surface area contributed by atoms with Crippen molar-refractivity contribution in [3.63, 3.8) is 0 Å². The van der Waals surface area contributed by atoms with Gasteiger partial charge in [0.25, 0.3) is 0 Å². The number of hydrogen-bond donors (Lipinski definition) is 1. The first kappa shape index (κ1) is 14.0. The van der Waals surface area contributed by atoms with Gasteiger partial charge in [-0.05, 0) is 13.3 Å². The largest absolute Gasteiger partial charge is 0.394 e. The van der Waals surface area contributed by atoms with Gasteiger partial charge in [0.2, 0.25) is 5.82 Å². The van der Waals surface area contributed by atoms with Crippen LogP contribution in [-0.2, 0) is 4.74 Å². The summed E-state index contributed by atoms with van der Waals surface area (Å²) in [7, 11) is 1.67. The van der Waals surface area contributed by atoms with Gasteiger partial charge in [-0.25, -0.2) is 0 Å². The van der Waals surface area contributed by atoms with Crippen LogP contribution in [0.5, 0.6) is 0 Å². The molecule has 0 unspecified atom stereocenters. The number of nitrogens with zero attached hydrogens (tertiary/aromatic N) is 3. The van der Waals surface area contributed by atoms with E-state index in [4.69, 9.17) is 9.26 Å². The Labute approximate surface area is 123 Å². The first-order chi connectivity index (χ1) is 10.2. The molecule has 2 atom stereocenters. The van der Waals surface area contributed by atoms with Crippen LogP contribution in [0.1, 0.15) is 12.0 Å². The van der Waals surface area contributed by atoms with E-state index >= 15 is 0 Å². The highest BCUT2D eigenvalue weighted by atomic mass is 16.5. The van der Waals surface area contributed by atoms with Gasteiger partial charge in [0.15, 0.2) is 0 Å². The van der Waals surface area contributed by atoms with Crippen molar-refractivity contribution in [2.45, 2.75) is 25.5 Å². The maximum Gasteiger partial charge on any atom is 0.324 e. The number of benzene rings is 1. The molecule has 0 saturated carbocycles. The van der Waals surface area contributed by atoms with Gasteiger partial charge in [0.1, 0.15) is 0 Å². The van der Waals surface area contributed by atoms with E-state index in [0.717, 1.165) is 12.0 Å². The third-order valence-electron chi connectivity index (χ3n) is 3.89. The molecule has 6 heteroatoms. The van der Waals surface area contributed by atoms with Gasteiger partial charge in [-0.2, -0.15) is 4.98 Å². The van der Waals surface area contributed by atoms with E-state index in [0.29, 0.717) is 18.4 Å². The number of rotatable bonds is 4. The van der Waals surface area contributed by atoms with Gasteiger partial charge >= 0.3 is 6.01 Å². The van der Waals surface area contributed by atoms with E-state index in [2.05, 4.69) is 10.1 Å². The van der Waals surface area contributed by atoms with Crippen molar-refractivity contribution >= 4 is 6.01 Å². The summed E-state index contributed by atoms with van der Waals surface area (Å²) in [6.45, 7) is 2.73. The molecule has 1 aliphatic heterocycles. The monoisotopic (exact) mass is 289 g/mol. The van der Waals surface area contributed by atoms with Crippen LogP contribution in [0.25, 0.3) is 11.4 Å². The lowest BCUT2D eigenvalue weighted by Crippen LogP contribution is -2.32. The molecule has 1 fully saturated rings. The summed E-state index contributed by atoms with van der Waals surface area (Å²) in [5.74, 6) is 0.558. The van der Waals surface area contributed by atoms with Crippen molar-refractivity contribution < 1.29 is 14.4 Å². The molecule has 1 aromatic carbocycles. The summed E-state index contributed by atoms with van der Waals surface area (Å²) < 4.78 is 10.7. The highest BCUT2D eigenvalue weighted by molar-refractivity contribution is 5.56. The number of aliphatic hydroxyl groups is 1. The third kappa shape index (κ3) is 2.77. The Morgan fingerprint density at radius 2 is 2.14 bits per heavy atom. The molecule has 0 aliphatic carbocycles. The zero-order valence-electron chi connectivity index (χ0n) is 12.2. The van der Waals surface area contributed by atoms with E-state index in [9.17, 15) is 5.11 Å². The molecule has 1 aromatic heterocycles. The fourth-order valence-corrected chi connectivity index (χ4v) is 2.60. The molecule has 21 heavy (non-hydrogen) atoms. The van der Waals surface area contributed by atoms with Crippen LogP contribution in [0.15, 0.2) is 28.8 Å². The summed E-state index contributed by atoms with van der Waals surface area (Å²) in [5, 5.41) is 13.5. The lowest BCUT2D eigenvalue weighted by atomic mass is 10.1. The lowest BCUT2D eigenvalue weighted by Gasteiger charge is -2.19. The maximum absolute atomic E-state index is 9.48. The summed E-state index contributed by atoms with van der Waals surface area (Å²) in [6, 6.07) is 8.35. The van der Waals surface area contributed by atoms with Crippen molar-refractivity contribution in [2.24, 2.45) is 0 Å². The zero-order chi connectivity index (χ0) is 14.8. The van der Waals surface area contributed by atoms with E-state index in [-0.39, 0.29) is 18.8 Å². The van der Waals surface area contributed by atoms with Crippen LogP contribution < -0.4 is 4.90 Å². The molecule has 1 N–H and O–H groups in total. The minimum absolute atomic E-state index is 0.0405. The van der Waals surface area contributed by atoms with Crippen LogP contribution in [0.3, 0.4) is 0 Å². The summed E-state index contributed by atoms with van der Waals surface area (Å²) >= 11 is 0. The molecule has 3 rings (SSSR count). The van der Waals surface area contributed by atoms with Gasteiger partial charge in [0.05, 0.1) is 18.8 Å².